The van der Waals surface area contributed by atoms with E-state index in [4.69, 9.17) is 0 Å². The molecule has 104 valence electrons. The highest BCUT2D eigenvalue weighted by molar-refractivity contribution is 9.11. The molecule has 1 fully saturated rings. The maximum absolute atomic E-state index is 11.9. The van der Waals surface area contributed by atoms with Crippen LogP contribution in [0, 0.1) is 0 Å². The molecule has 1 aliphatic heterocycles. The molecule has 0 amide bonds. The molecule has 1 aromatic rings. The van der Waals surface area contributed by atoms with E-state index in [-0.39, 0.29) is 12.4 Å². The van der Waals surface area contributed by atoms with Gasteiger partial charge in [0.1, 0.15) is 4.21 Å². The predicted octanol–water partition coefficient (Wildman–Crippen LogP) is 2.35. The first-order valence-electron chi connectivity index (χ1n) is 5.56. The zero-order valence-electron chi connectivity index (χ0n) is 9.69. The van der Waals surface area contributed by atoms with Crippen LogP contribution in [-0.2, 0) is 10.0 Å². The first kappa shape index (κ1) is 16.4. The summed E-state index contributed by atoms with van der Waals surface area (Å²) in [7, 11) is -3.32. The van der Waals surface area contributed by atoms with E-state index < -0.39 is 10.0 Å². The van der Waals surface area contributed by atoms with Crippen molar-refractivity contribution in [2.75, 3.05) is 13.1 Å². The third-order valence-electron chi connectivity index (χ3n) is 2.76. The Morgan fingerprint density at radius 3 is 2.83 bits per heavy atom. The average molecular weight is 376 g/mol. The van der Waals surface area contributed by atoms with Crippen LogP contribution in [0.1, 0.15) is 19.3 Å². The minimum absolute atomic E-state index is 0. The van der Waals surface area contributed by atoms with Crippen LogP contribution in [-0.4, -0.2) is 27.5 Å². The number of hydrogen-bond donors (Lipinski definition) is 2. The van der Waals surface area contributed by atoms with Crippen LogP contribution in [0.25, 0.3) is 0 Å². The molecule has 0 unspecified atom stereocenters. The monoisotopic (exact) mass is 374 g/mol. The molecule has 0 bridgehead atoms. The maximum Gasteiger partial charge on any atom is 0.250 e. The Bertz CT molecular complexity index is 472. The lowest BCUT2D eigenvalue weighted by molar-refractivity contribution is 0.540. The first-order chi connectivity index (χ1) is 8.08. The average Bonchev–Trinajstić information content (AvgIpc) is 2.89. The minimum atomic E-state index is -3.32. The fourth-order valence-electron chi connectivity index (χ4n) is 1.88. The van der Waals surface area contributed by atoms with Crippen molar-refractivity contribution in [2.45, 2.75) is 29.5 Å². The zero-order valence-corrected chi connectivity index (χ0v) is 13.7. The molecular weight excluding hydrogens is 360 g/mol. The van der Waals surface area contributed by atoms with Crippen molar-refractivity contribution in [3.05, 3.63) is 15.9 Å². The Morgan fingerprint density at radius 1 is 1.50 bits per heavy atom. The lowest BCUT2D eigenvalue weighted by Crippen LogP contribution is -2.30. The first-order valence-corrected chi connectivity index (χ1v) is 8.65. The molecule has 4 nitrogen and oxygen atoms in total. The number of sulfonamides is 1. The smallest absolute Gasteiger partial charge is 0.250 e. The summed E-state index contributed by atoms with van der Waals surface area (Å²) in [4.78, 5) is 0. The molecule has 1 aromatic heterocycles. The Kier molecular flexibility index (Phi) is 6.57. The van der Waals surface area contributed by atoms with Gasteiger partial charge in [-0.05, 0) is 53.9 Å². The molecule has 1 saturated heterocycles. The Hall–Kier alpha value is 0.340. The molecule has 0 spiro atoms. The second-order valence-corrected chi connectivity index (χ2v) is 8.50. The highest BCUT2D eigenvalue weighted by Crippen LogP contribution is 2.25. The van der Waals surface area contributed by atoms with E-state index in [1.54, 1.807) is 12.1 Å². The Labute approximate surface area is 126 Å². The van der Waals surface area contributed by atoms with Crippen molar-refractivity contribution < 1.29 is 8.42 Å². The van der Waals surface area contributed by atoms with Gasteiger partial charge in [-0.15, -0.1) is 23.7 Å². The van der Waals surface area contributed by atoms with Gasteiger partial charge in [0.2, 0.25) is 10.0 Å². The standard InChI is InChI=1S/C10H15BrN2O2S2.ClH/c11-9-3-4-10(16-9)17(14,15)13-7-5-8-2-1-6-12-8;/h3-4,8,12-13H,1-2,5-7H2;1H/t8-;/m1./s1. The molecule has 2 heterocycles. The van der Waals surface area contributed by atoms with Crippen LogP contribution in [0.3, 0.4) is 0 Å². The number of halogens is 2. The second kappa shape index (κ2) is 7.21. The quantitative estimate of drug-likeness (QED) is 0.830. The van der Waals surface area contributed by atoms with E-state index >= 15 is 0 Å². The van der Waals surface area contributed by atoms with Crippen LogP contribution in [0.4, 0.5) is 0 Å². The zero-order chi connectivity index (χ0) is 12.3. The number of nitrogens with one attached hydrogen (secondary N) is 2. The van der Waals surface area contributed by atoms with Gasteiger partial charge in [-0.25, -0.2) is 13.1 Å². The fraction of sp³-hybridized carbons (Fsp3) is 0.600. The van der Waals surface area contributed by atoms with Gasteiger partial charge in [0.05, 0.1) is 3.79 Å². The van der Waals surface area contributed by atoms with Crippen molar-refractivity contribution in [1.82, 2.24) is 10.0 Å². The summed E-state index contributed by atoms with van der Waals surface area (Å²) in [5, 5.41) is 3.35. The summed E-state index contributed by atoms with van der Waals surface area (Å²) < 4.78 is 27.6. The van der Waals surface area contributed by atoms with E-state index in [1.807, 2.05) is 0 Å². The summed E-state index contributed by atoms with van der Waals surface area (Å²) >= 11 is 4.49. The van der Waals surface area contributed by atoms with E-state index in [0.717, 1.165) is 23.2 Å². The van der Waals surface area contributed by atoms with Gasteiger partial charge in [-0.1, -0.05) is 0 Å². The van der Waals surface area contributed by atoms with Gasteiger partial charge in [-0.3, -0.25) is 0 Å². The molecule has 0 radical (unpaired) electrons. The molecule has 1 aliphatic rings. The van der Waals surface area contributed by atoms with Crippen LogP contribution in [0.15, 0.2) is 20.1 Å². The van der Waals surface area contributed by atoms with Crippen molar-refractivity contribution in [3.63, 3.8) is 0 Å². The Morgan fingerprint density at radius 2 is 2.28 bits per heavy atom. The number of thiophene rings is 1. The maximum atomic E-state index is 11.9. The van der Waals surface area contributed by atoms with Crippen molar-refractivity contribution >= 4 is 49.7 Å². The van der Waals surface area contributed by atoms with E-state index in [2.05, 4.69) is 26.0 Å². The summed E-state index contributed by atoms with van der Waals surface area (Å²) in [6.45, 7) is 1.55. The molecule has 0 saturated carbocycles. The molecule has 1 atom stereocenters. The summed E-state index contributed by atoms with van der Waals surface area (Å²) in [5.41, 5.74) is 0. The normalized spacial score (nSPS) is 19.7. The van der Waals surface area contributed by atoms with Crippen LogP contribution < -0.4 is 10.0 Å². The highest BCUT2D eigenvalue weighted by Gasteiger charge is 2.18. The third kappa shape index (κ3) is 4.47. The lowest BCUT2D eigenvalue weighted by Gasteiger charge is -2.10. The SMILES string of the molecule is Cl.O=S(=O)(NCC[C@H]1CCCN1)c1ccc(Br)s1. The van der Waals surface area contributed by atoms with Crippen molar-refractivity contribution in [2.24, 2.45) is 0 Å². The molecule has 2 rings (SSSR count). The van der Waals surface area contributed by atoms with Gasteiger partial charge < -0.3 is 5.32 Å². The Balaban J connectivity index is 0.00000162. The molecule has 0 aliphatic carbocycles. The second-order valence-electron chi connectivity index (χ2n) is 4.04. The summed E-state index contributed by atoms with van der Waals surface area (Å²) in [5.74, 6) is 0. The minimum Gasteiger partial charge on any atom is -0.314 e. The van der Waals surface area contributed by atoms with Crippen LogP contribution >= 0.6 is 39.7 Å². The third-order valence-corrected chi connectivity index (χ3v) is 6.34. The van der Waals surface area contributed by atoms with Gasteiger partial charge in [0.15, 0.2) is 0 Å². The van der Waals surface area contributed by atoms with E-state index in [0.29, 0.717) is 16.8 Å². The predicted molar refractivity (Wildman–Crippen MR) is 80.1 cm³/mol. The highest BCUT2D eigenvalue weighted by atomic mass is 79.9. The van der Waals surface area contributed by atoms with Crippen molar-refractivity contribution in [3.8, 4) is 0 Å². The molecule has 0 aromatic carbocycles. The van der Waals surface area contributed by atoms with Gasteiger partial charge in [-0.2, -0.15) is 0 Å². The molecule has 2 N–H and O–H groups in total. The van der Waals surface area contributed by atoms with E-state index in [1.165, 1.54) is 17.8 Å². The molecule has 18 heavy (non-hydrogen) atoms. The summed E-state index contributed by atoms with van der Waals surface area (Å²) in [6.07, 6.45) is 3.19. The fourth-order valence-corrected chi connectivity index (χ4v) is 4.99. The summed E-state index contributed by atoms with van der Waals surface area (Å²) in [6, 6.07) is 3.83. The van der Waals surface area contributed by atoms with E-state index in [9.17, 15) is 8.42 Å². The number of rotatable bonds is 5. The van der Waals surface area contributed by atoms with Gasteiger partial charge in [0, 0.05) is 12.6 Å². The van der Waals surface area contributed by atoms with Gasteiger partial charge >= 0.3 is 0 Å². The van der Waals surface area contributed by atoms with Crippen LogP contribution in [0.5, 0.6) is 0 Å². The molecular formula is C10H16BrClN2O2S2. The lowest BCUT2D eigenvalue weighted by atomic mass is 10.2. The van der Waals surface area contributed by atoms with Crippen molar-refractivity contribution in [1.29, 1.82) is 0 Å². The van der Waals surface area contributed by atoms with Gasteiger partial charge in [0.25, 0.3) is 0 Å². The molecule has 8 heteroatoms. The topological polar surface area (TPSA) is 58.2 Å². The number of hydrogen-bond acceptors (Lipinski definition) is 4. The van der Waals surface area contributed by atoms with Crippen LogP contribution in [0.2, 0.25) is 0 Å². The largest absolute Gasteiger partial charge is 0.314 e.